The van der Waals surface area contributed by atoms with E-state index in [-0.39, 0.29) is 12.5 Å². The molecule has 3 N–H and O–H groups in total. The predicted molar refractivity (Wildman–Crippen MR) is 66.8 cm³/mol. The Kier molecular flexibility index (Phi) is 3.45. The van der Waals surface area contributed by atoms with Crippen molar-refractivity contribution in [3.63, 3.8) is 0 Å². The number of hydrogen-bond donors (Lipinski definition) is 2. The van der Waals surface area contributed by atoms with Crippen molar-refractivity contribution < 1.29 is 9.90 Å². The first-order valence-electron chi connectivity index (χ1n) is 5.92. The number of carbonyl (C=O) groups excluding carboxylic acids is 1. The van der Waals surface area contributed by atoms with Gasteiger partial charge in [0.25, 0.3) is 0 Å². The van der Waals surface area contributed by atoms with Crippen molar-refractivity contribution in [1.29, 1.82) is 0 Å². The van der Waals surface area contributed by atoms with Gasteiger partial charge in [-0.05, 0) is 30.0 Å². The van der Waals surface area contributed by atoms with Crippen LogP contribution < -0.4 is 10.6 Å². The minimum absolute atomic E-state index is 0.0677. The summed E-state index contributed by atoms with van der Waals surface area (Å²) in [6.07, 6.45) is 1.30. The van der Waals surface area contributed by atoms with E-state index in [0.717, 1.165) is 36.2 Å². The topological polar surface area (TPSA) is 66.6 Å². The molecule has 0 aromatic heterocycles. The highest BCUT2D eigenvalue weighted by atomic mass is 16.3. The molecule has 17 heavy (non-hydrogen) atoms. The number of fused-ring (bicyclic) bond motifs is 1. The summed E-state index contributed by atoms with van der Waals surface area (Å²) >= 11 is 0. The van der Waals surface area contributed by atoms with Crippen LogP contribution in [0.25, 0.3) is 0 Å². The number of nitrogens with two attached hydrogens (primary N) is 1. The van der Waals surface area contributed by atoms with Gasteiger partial charge in [-0.15, -0.1) is 0 Å². The quantitative estimate of drug-likeness (QED) is 0.801. The molecule has 0 bridgehead atoms. The molecule has 1 unspecified atom stereocenters. The van der Waals surface area contributed by atoms with Gasteiger partial charge >= 0.3 is 0 Å². The van der Waals surface area contributed by atoms with Crippen LogP contribution in [0.15, 0.2) is 18.2 Å². The Balaban J connectivity index is 2.36. The van der Waals surface area contributed by atoms with E-state index in [9.17, 15) is 9.90 Å². The standard InChI is InChI=1S/C13H18N2O2/c1-9(16)15-6-2-3-10-7-11(13(17)8-14)4-5-12(10)15/h4-5,7,13,17H,2-3,6,8,14H2,1H3. The van der Waals surface area contributed by atoms with Gasteiger partial charge in [0.05, 0.1) is 6.10 Å². The van der Waals surface area contributed by atoms with Crippen molar-refractivity contribution in [3.05, 3.63) is 29.3 Å². The number of aliphatic hydroxyl groups excluding tert-OH is 1. The molecule has 1 aromatic carbocycles. The predicted octanol–water partition coefficient (Wildman–Crippen LogP) is 0.978. The molecule has 0 saturated heterocycles. The summed E-state index contributed by atoms with van der Waals surface area (Å²) in [5.74, 6) is 0.0677. The average molecular weight is 234 g/mol. The van der Waals surface area contributed by atoms with Crippen LogP contribution in [-0.4, -0.2) is 24.1 Å². The normalized spacial score (nSPS) is 16.5. The Hall–Kier alpha value is -1.39. The van der Waals surface area contributed by atoms with Crippen LogP contribution in [0.2, 0.25) is 0 Å². The Bertz CT molecular complexity index is 431. The number of rotatable bonds is 2. The summed E-state index contributed by atoms with van der Waals surface area (Å²) in [7, 11) is 0. The SMILES string of the molecule is CC(=O)N1CCCc2cc(C(O)CN)ccc21. The lowest BCUT2D eigenvalue weighted by Gasteiger charge is -2.29. The van der Waals surface area contributed by atoms with Crippen LogP contribution in [0.3, 0.4) is 0 Å². The lowest BCUT2D eigenvalue weighted by atomic mass is 9.97. The summed E-state index contributed by atoms with van der Waals surface area (Å²) in [5.41, 5.74) is 8.36. The first-order chi connectivity index (χ1) is 8.13. The minimum Gasteiger partial charge on any atom is -0.387 e. The first-order valence-corrected chi connectivity index (χ1v) is 5.92. The number of amides is 1. The van der Waals surface area contributed by atoms with Crippen LogP contribution >= 0.6 is 0 Å². The number of benzene rings is 1. The van der Waals surface area contributed by atoms with Crippen molar-refractivity contribution in [2.24, 2.45) is 5.73 Å². The minimum atomic E-state index is -0.618. The molecule has 4 heteroatoms. The van der Waals surface area contributed by atoms with E-state index in [0.29, 0.717) is 0 Å². The summed E-state index contributed by atoms with van der Waals surface area (Å²) in [6.45, 7) is 2.58. The third-order valence-electron chi connectivity index (χ3n) is 3.21. The van der Waals surface area contributed by atoms with Crippen LogP contribution in [0.5, 0.6) is 0 Å². The highest BCUT2D eigenvalue weighted by Gasteiger charge is 2.20. The van der Waals surface area contributed by atoms with Crippen molar-refractivity contribution in [3.8, 4) is 0 Å². The molecule has 92 valence electrons. The zero-order valence-corrected chi connectivity index (χ0v) is 10.0. The third kappa shape index (κ3) is 2.33. The molecule has 0 spiro atoms. The van der Waals surface area contributed by atoms with E-state index in [1.54, 1.807) is 11.8 Å². The van der Waals surface area contributed by atoms with Crippen LogP contribution in [0, 0.1) is 0 Å². The molecular weight excluding hydrogens is 216 g/mol. The van der Waals surface area contributed by atoms with Crippen LogP contribution in [0.4, 0.5) is 5.69 Å². The molecule has 1 atom stereocenters. The summed E-state index contributed by atoms with van der Waals surface area (Å²) in [4.78, 5) is 13.3. The summed E-state index contributed by atoms with van der Waals surface area (Å²) in [5, 5.41) is 9.70. The average Bonchev–Trinajstić information content (AvgIpc) is 2.36. The zero-order valence-electron chi connectivity index (χ0n) is 10.0. The second-order valence-corrected chi connectivity index (χ2v) is 4.41. The molecule has 1 heterocycles. The van der Waals surface area contributed by atoms with Gasteiger partial charge in [0.15, 0.2) is 0 Å². The van der Waals surface area contributed by atoms with Crippen molar-refractivity contribution in [2.45, 2.75) is 25.9 Å². The molecule has 1 aliphatic rings. The molecule has 0 saturated carbocycles. The van der Waals surface area contributed by atoms with Crippen LogP contribution in [-0.2, 0) is 11.2 Å². The van der Waals surface area contributed by atoms with Gasteiger partial charge in [-0.1, -0.05) is 12.1 Å². The van der Waals surface area contributed by atoms with Gasteiger partial charge in [0, 0.05) is 25.7 Å². The van der Waals surface area contributed by atoms with E-state index in [4.69, 9.17) is 5.73 Å². The summed E-state index contributed by atoms with van der Waals surface area (Å²) in [6, 6.07) is 5.71. The number of aliphatic hydroxyl groups is 1. The molecule has 1 aliphatic heterocycles. The third-order valence-corrected chi connectivity index (χ3v) is 3.21. The van der Waals surface area contributed by atoms with Gasteiger partial charge in [0.1, 0.15) is 0 Å². The largest absolute Gasteiger partial charge is 0.387 e. The molecule has 1 aromatic rings. The number of carbonyl (C=O) groups is 1. The first kappa shape index (κ1) is 12.1. The van der Waals surface area contributed by atoms with Crippen LogP contribution in [0.1, 0.15) is 30.6 Å². The zero-order chi connectivity index (χ0) is 12.4. The molecule has 0 fully saturated rings. The van der Waals surface area contributed by atoms with Crippen molar-refractivity contribution in [2.75, 3.05) is 18.0 Å². The number of aryl methyl sites for hydroxylation is 1. The molecule has 0 radical (unpaired) electrons. The fourth-order valence-electron chi connectivity index (χ4n) is 2.29. The van der Waals surface area contributed by atoms with Crippen molar-refractivity contribution in [1.82, 2.24) is 0 Å². The van der Waals surface area contributed by atoms with Gasteiger partial charge in [-0.25, -0.2) is 0 Å². The maximum atomic E-state index is 11.5. The van der Waals surface area contributed by atoms with E-state index in [2.05, 4.69) is 0 Å². The molecule has 4 nitrogen and oxygen atoms in total. The second-order valence-electron chi connectivity index (χ2n) is 4.41. The Morgan fingerprint density at radius 1 is 1.59 bits per heavy atom. The van der Waals surface area contributed by atoms with Gasteiger partial charge < -0.3 is 15.7 Å². The number of anilines is 1. The Labute approximate surface area is 101 Å². The highest BCUT2D eigenvalue weighted by molar-refractivity contribution is 5.92. The van der Waals surface area contributed by atoms with E-state index >= 15 is 0 Å². The van der Waals surface area contributed by atoms with Gasteiger partial charge in [-0.3, -0.25) is 4.79 Å². The van der Waals surface area contributed by atoms with Crippen molar-refractivity contribution >= 4 is 11.6 Å². The molecule has 2 rings (SSSR count). The number of hydrogen-bond acceptors (Lipinski definition) is 3. The monoisotopic (exact) mass is 234 g/mol. The molecule has 1 amide bonds. The van der Waals surface area contributed by atoms with Gasteiger partial charge in [0.2, 0.25) is 5.91 Å². The smallest absolute Gasteiger partial charge is 0.223 e. The second kappa shape index (κ2) is 4.85. The fraction of sp³-hybridized carbons (Fsp3) is 0.462. The lowest BCUT2D eigenvalue weighted by molar-refractivity contribution is -0.116. The van der Waals surface area contributed by atoms with Gasteiger partial charge in [-0.2, -0.15) is 0 Å². The maximum absolute atomic E-state index is 11.5. The van der Waals surface area contributed by atoms with E-state index in [1.165, 1.54) is 0 Å². The maximum Gasteiger partial charge on any atom is 0.223 e. The number of nitrogens with zero attached hydrogens (tertiary/aromatic N) is 1. The Morgan fingerprint density at radius 3 is 3.00 bits per heavy atom. The molecule has 0 aliphatic carbocycles. The lowest BCUT2D eigenvalue weighted by Crippen LogP contribution is -2.33. The molecular formula is C13H18N2O2. The Morgan fingerprint density at radius 2 is 2.35 bits per heavy atom. The van der Waals surface area contributed by atoms with E-state index < -0.39 is 6.10 Å². The summed E-state index contributed by atoms with van der Waals surface area (Å²) < 4.78 is 0. The highest BCUT2D eigenvalue weighted by Crippen LogP contribution is 2.29. The van der Waals surface area contributed by atoms with E-state index in [1.807, 2.05) is 18.2 Å². The fourth-order valence-corrected chi connectivity index (χ4v) is 2.29.